The zero-order valence-electron chi connectivity index (χ0n) is 14.7. The molecule has 130 valence electrons. The molecule has 0 aliphatic carbocycles. The second-order valence-electron chi connectivity index (χ2n) is 6.76. The van der Waals surface area contributed by atoms with Crippen molar-refractivity contribution in [3.05, 3.63) is 45.2 Å². The molecule has 5 nitrogen and oxygen atoms in total. The highest BCUT2D eigenvalue weighted by Crippen LogP contribution is 2.18. The fraction of sp³-hybridized carbons (Fsp3) is 0.526. The highest BCUT2D eigenvalue weighted by molar-refractivity contribution is 5.83. The Kier molecular flexibility index (Phi) is 5.66. The number of morpholine rings is 1. The van der Waals surface area contributed by atoms with Crippen LogP contribution in [0.1, 0.15) is 23.1 Å². The maximum absolute atomic E-state index is 12.3. The molecule has 2 heterocycles. The van der Waals surface area contributed by atoms with E-state index in [1.807, 2.05) is 6.07 Å². The smallest absolute Gasteiger partial charge is 0.257 e. The Balaban J connectivity index is 1.55. The summed E-state index contributed by atoms with van der Waals surface area (Å²) in [5.74, 6) is 0. The van der Waals surface area contributed by atoms with E-state index in [0.29, 0.717) is 0 Å². The minimum Gasteiger partial charge on any atom is -0.379 e. The first-order valence-electron chi connectivity index (χ1n) is 8.88. The summed E-state index contributed by atoms with van der Waals surface area (Å²) in [6.45, 7) is 10.9. The molecule has 0 atom stereocenters. The molecule has 1 aliphatic rings. The molecule has 5 heteroatoms. The van der Waals surface area contributed by atoms with Gasteiger partial charge in [0.25, 0.3) is 5.56 Å². The number of aryl methyl sites for hydroxylation is 2. The minimum atomic E-state index is 0.0388. The van der Waals surface area contributed by atoms with Crippen LogP contribution in [-0.4, -0.2) is 49.3 Å². The van der Waals surface area contributed by atoms with Crippen LogP contribution in [0.15, 0.2) is 23.0 Å². The Bertz CT molecular complexity index is 748. The number of nitrogens with two attached hydrogens (primary N) is 1. The number of benzene rings is 1. The van der Waals surface area contributed by atoms with Gasteiger partial charge < -0.3 is 15.0 Å². The molecule has 1 saturated heterocycles. The average molecular weight is 330 g/mol. The van der Waals surface area contributed by atoms with Crippen LogP contribution in [0, 0.1) is 13.8 Å². The van der Waals surface area contributed by atoms with E-state index in [4.69, 9.17) is 4.74 Å². The quantitative estimate of drug-likeness (QED) is 0.775. The van der Waals surface area contributed by atoms with Crippen LogP contribution in [0.2, 0.25) is 0 Å². The third kappa shape index (κ3) is 4.23. The van der Waals surface area contributed by atoms with Crippen molar-refractivity contribution in [3.63, 3.8) is 0 Å². The Labute approximate surface area is 143 Å². The summed E-state index contributed by atoms with van der Waals surface area (Å²) in [7, 11) is 0. The average Bonchev–Trinajstić information content (AvgIpc) is 2.56. The van der Waals surface area contributed by atoms with E-state index >= 15 is 0 Å². The lowest BCUT2D eigenvalue weighted by molar-refractivity contribution is -0.671. The number of nitrogens with one attached hydrogen (secondary N) is 1. The molecule has 24 heavy (non-hydrogen) atoms. The Morgan fingerprint density at radius 1 is 1.21 bits per heavy atom. The van der Waals surface area contributed by atoms with E-state index in [9.17, 15) is 4.79 Å². The fourth-order valence-corrected chi connectivity index (χ4v) is 3.41. The molecule has 0 amide bonds. The van der Waals surface area contributed by atoms with Crippen LogP contribution in [-0.2, 0) is 11.3 Å². The van der Waals surface area contributed by atoms with Crippen LogP contribution >= 0.6 is 0 Å². The van der Waals surface area contributed by atoms with Crippen molar-refractivity contribution in [2.24, 2.45) is 0 Å². The van der Waals surface area contributed by atoms with Gasteiger partial charge in [0, 0.05) is 37.0 Å². The lowest BCUT2D eigenvalue weighted by atomic mass is 10.0. The number of hydrogen-bond acceptors (Lipinski definition) is 3. The molecular weight excluding hydrogens is 302 g/mol. The summed E-state index contributed by atoms with van der Waals surface area (Å²) in [4.78, 5) is 17.8. The standard InChI is InChI=1S/C19H27N3O2/c1-14-10-15(2)17-12-16(19(23)21-18(17)11-14)13-20-4-3-5-22-6-8-24-9-7-22/h10-12,20H,3-9,13H2,1-2H3,(H,21,23)/p+1. The molecule has 2 aromatic rings. The second kappa shape index (κ2) is 7.92. The number of aromatic amines is 1. The number of aromatic nitrogens is 1. The number of hydrogen-bond donors (Lipinski definition) is 2. The molecule has 1 aromatic heterocycles. The van der Waals surface area contributed by atoms with E-state index in [1.54, 1.807) is 0 Å². The molecule has 3 N–H and O–H groups in total. The largest absolute Gasteiger partial charge is 0.379 e. The number of ether oxygens (including phenoxy) is 1. The zero-order valence-corrected chi connectivity index (χ0v) is 14.7. The Morgan fingerprint density at radius 3 is 2.79 bits per heavy atom. The van der Waals surface area contributed by atoms with Crippen molar-refractivity contribution in [1.82, 2.24) is 9.88 Å². The monoisotopic (exact) mass is 330 g/mol. The van der Waals surface area contributed by atoms with E-state index in [2.05, 4.69) is 41.2 Å². The Hall–Kier alpha value is -1.69. The highest BCUT2D eigenvalue weighted by Gasteiger charge is 2.10. The van der Waals surface area contributed by atoms with Gasteiger partial charge in [0.05, 0.1) is 25.3 Å². The first kappa shape index (κ1) is 17.1. The van der Waals surface area contributed by atoms with Gasteiger partial charge in [0.2, 0.25) is 0 Å². The number of H-pyrrole nitrogens is 1. The number of rotatable bonds is 6. The van der Waals surface area contributed by atoms with Crippen LogP contribution in [0.3, 0.4) is 0 Å². The van der Waals surface area contributed by atoms with Crippen LogP contribution in [0.25, 0.3) is 10.9 Å². The number of nitrogens with zero attached hydrogens (tertiary/aromatic N) is 1. The van der Waals surface area contributed by atoms with E-state index in [-0.39, 0.29) is 5.56 Å². The van der Waals surface area contributed by atoms with Crippen molar-refractivity contribution < 1.29 is 10.1 Å². The number of quaternary nitrogens is 1. The van der Waals surface area contributed by atoms with E-state index in [1.165, 1.54) is 11.1 Å². The molecule has 0 saturated carbocycles. The third-order valence-corrected chi connectivity index (χ3v) is 4.74. The van der Waals surface area contributed by atoms with Gasteiger partial charge in [-0.05, 0) is 37.1 Å². The molecule has 1 aliphatic heterocycles. The SMILES string of the molecule is Cc1cc(C)c2cc(C[NH2+]CCCN3CCOCC3)c(=O)[nH]c2c1. The topological polar surface area (TPSA) is 61.9 Å². The summed E-state index contributed by atoms with van der Waals surface area (Å²) in [5, 5.41) is 3.39. The maximum atomic E-state index is 12.3. The molecule has 0 bridgehead atoms. The first-order chi connectivity index (χ1) is 11.6. The lowest BCUT2D eigenvalue weighted by Crippen LogP contribution is -2.83. The molecular formula is C19H28N3O2+. The second-order valence-corrected chi connectivity index (χ2v) is 6.76. The summed E-state index contributed by atoms with van der Waals surface area (Å²) in [5.41, 5.74) is 4.24. The predicted octanol–water partition coefficient (Wildman–Crippen LogP) is 0.931. The molecule has 1 fully saturated rings. The minimum absolute atomic E-state index is 0.0388. The third-order valence-electron chi connectivity index (χ3n) is 4.74. The van der Waals surface area contributed by atoms with Crippen LogP contribution < -0.4 is 10.9 Å². The van der Waals surface area contributed by atoms with Gasteiger partial charge in [-0.25, -0.2) is 0 Å². The molecule has 3 rings (SSSR count). The first-order valence-corrected chi connectivity index (χ1v) is 8.88. The van der Waals surface area contributed by atoms with Gasteiger partial charge in [-0.15, -0.1) is 0 Å². The van der Waals surface area contributed by atoms with E-state index < -0.39 is 0 Å². The van der Waals surface area contributed by atoms with Crippen LogP contribution in [0.5, 0.6) is 0 Å². The predicted molar refractivity (Wildman–Crippen MR) is 96.4 cm³/mol. The van der Waals surface area contributed by atoms with Gasteiger partial charge in [-0.2, -0.15) is 0 Å². The molecule has 1 aromatic carbocycles. The van der Waals surface area contributed by atoms with Crippen molar-refractivity contribution in [2.75, 3.05) is 39.4 Å². The normalized spacial score (nSPS) is 15.9. The van der Waals surface area contributed by atoms with Crippen molar-refractivity contribution in [2.45, 2.75) is 26.8 Å². The summed E-state index contributed by atoms with van der Waals surface area (Å²) in [6, 6.07) is 6.26. The zero-order chi connectivity index (χ0) is 16.9. The van der Waals surface area contributed by atoms with Gasteiger partial charge in [0.1, 0.15) is 6.54 Å². The molecule has 0 radical (unpaired) electrons. The van der Waals surface area contributed by atoms with Crippen LogP contribution in [0.4, 0.5) is 0 Å². The summed E-state index contributed by atoms with van der Waals surface area (Å²) in [6.07, 6.45) is 1.14. The van der Waals surface area contributed by atoms with Gasteiger partial charge in [0.15, 0.2) is 0 Å². The van der Waals surface area contributed by atoms with Crippen molar-refractivity contribution >= 4 is 10.9 Å². The van der Waals surface area contributed by atoms with E-state index in [0.717, 1.165) is 68.8 Å². The number of fused-ring (bicyclic) bond motifs is 1. The fourth-order valence-electron chi connectivity index (χ4n) is 3.41. The van der Waals surface area contributed by atoms with Crippen molar-refractivity contribution in [1.29, 1.82) is 0 Å². The van der Waals surface area contributed by atoms with Gasteiger partial charge >= 0.3 is 0 Å². The Morgan fingerprint density at radius 2 is 2.00 bits per heavy atom. The van der Waals surface area contributed by atoms with Gasteiger partial charge in [-0.3, -0.25) is 9.69 Å². The summed E-state index contributed by atoms with van der Waals surface area (Å²) >= 11 is 0. The molecule has 0 unspecified atom stereocenters. The summed E-state index contributed by atoms with van der Waals surface area (Å²) < 4.78 is 5.36. The lowest BCUT2D eigenvalue weighted by Gasteiger charge is -2.26. The number of pyridine rings is 1. The van der Waals surface area contributed by atoms with Gasteiger partial charge in [-0.1, -0.05) is 6.07 Å². The van der Waals surface area contributed by atoms with Crippen molar-refractivity contribution in [3.8, 4) is 0 Å². The molecule has 0 spiro atoms. The highest BCUT2D eigenvalue weighted by atomic mass is 16.5. The maximum Gasteiger partial charge on any atom is 0.257 e.